The third-order valence-corrected chi connectivity index (χ3v) is 4.30. The Morgan fingerprint density at radius 2 is 2.29 bits per heavy atom. The first-order valence-electron chi connectivity index (χ1n) is 8.53. The van der Waals surface area contributed by atoms with E-state index in [4.69, 9.17) is 4.74 Å². The van der Waals surface area contributed by atoms with Gasteiger partial charge in [-0.15, -0.1) is 5.10 Å². The molecular formula is C16H30N4O. The molecule has 21 heavy (non-hydrogen) atoms. The lowest BCUT2D eigenvalue weighted by Gasteiger charge is -2.28. The molecular weight excluding hydrogens is 264 g/mol. The second kappa shape index (κ2) is 9.15. The quantitative estimate of drug-likeness (QED) is 0.712. The summed E-state index contributed by atoms with van der Waals surface area (Å²) in [7, 11) is 0. The van der Waals surface area contributed by atoms with Gasteiger partial charge < -0.3 is 10.1 Å². The van der Waals surface area contributed by atoms with Crippen molar-refractivity contribution < 1.29 is 4.74 Å². The van der Waals surface area contributed by atoms with Crippen molar-refractivity contribution in [3.63, 3.8) is 0 Å². The molecule has 0 bridgehead atoms. The average Bonchev–Trinajstić information content (AvgIpc) is 2.96. The number of ether oxygens (including phenoxy) is 1. The van der Waals surface area contributed by atoms with Crippen molar-refractivity contribution in [3.8, 4) is 0 Å². The van der Waals surface area contributed by atoms with E-state index in [0.29, 0.717) is 6.10 Å². The Morgan fingerprint density at radius 3 is 3.10 bits per heavy atom. The molecule has 0 spiro atoms. The van der Waals surface area contributed by atoms with Crippen molar-refractivity contribution in [2.24, 2.45) is 5.92 Å². The van der Waals surface area contributed by atoms with Crippen LogP contribution < -0.4 is 5.32 Å². The first-order valence-corrected chi connectivity index (χ1v) is 8.53. The molecule has 2 atom stereocenters. The molecule has 1 saturated carbocycles. The van der Waals surface area contributed by atoms with Gasteiger partial charge in [0.2, 0.25) is 0 Å². The molecule has 0 radical (unpaired) electrons. The van der Waals surface area contributed by atoms with E-state index < -0.39 is 0 Å². The van der Waals surface area contributed by atoms with Crippen LogP contribution in [0.5, 0.6) is 0 Å². The molecule has 1 N–H and O–H groups in total. The Kier molecular flexibility index (Phi) is 7.16. The molecule has 120 valence electrons. The normalized spacial score (nSPS) is 22.6. The highest BCUT2D eigenvalue weighted by atomic mass is 16.5. The molecule has 2 rings (SSSR count). The van der Waals surface area contributed by atoms with Gasteiger partial charge in [0.05, 0.1) is 24.9 Å². The second-order valence-corrected chi connectivity index (χ2v) is 6.08. The Hall–Kier alpha value is -0.940. The Labute approximate surface area is 128 Å². The van der Waals surface area contributed by atoms with Gasteiger partial charge in [-0.2, -0.15) is 0 Å². The van der Waals surface area contributed by atoms with Crippen LogP contribution in [0.25, 0.3) is 0 Å². The summed E-state index contributed by atoms with van der Waals surface area (Å²) in [5, 5.41) is 11.7. The lowest BCUT2D eigenvalue weighted by molar-refractivity contribution is 0.00752. The lowest BCUT2D eigenvalue weighted by Crippen LogP contribution is -2.24. The van der Waals surface area contributed by atoms with Crippen molar-refractivity contribution in [2.75, 3.05) is 13.2 Å². The number of rotatable bonds is 9. The Bertz CT molecular complexity index is 393. The van der Waals surface area contributed by atoms with E-state index >= 15 is 0 Å². The summed E-state index contributed by atoms with van der Waals surface area (Å²) in [6.07, 6.45) is 10.1. The zero-order valence-corrected chi connectivity index (χ0v) is 13.6. The predicted octanol–water partition coefficient (Wildman–Crippen LogP) is 2.76. The summed E-state index contributed by atoms with van der Waals surface area (Å²) in [6, 6.07) is 0. The van der Waals surface area contributed by atoms with Gasteiger partial charge in [-0.3, -0.25) is 0 Å². The largest absolute Gasteiger partial charge is 0.376 e. The van der Waals surface area contributed by atoms with E-state index in [-0.39, 0.29) is 0 Å². The van der Waals surface area contributed by atoms with Crippen LogP contribution in [0.3, 0.4) is 0 Å². The summed E-state index contributed by atoms with van der Waals surface area (Å²) in [6.45, 7) is 7.82. The van der Waals surface area contributed by atoms with Crippen molar-refractivity contribution in [3.05, 3.63) is 11.9 Å². The van der Waals surface area contributed by atoms with E-state index in [1.165, 1.54) is 32.1 Å². The minimum atomic E-state index is 0.456. The lowest BCUT2D eigenvalue weighted by atomic mass is 9.85. The van der Waals surface area contributed by atoms with Crippen molar-refractivity contribution >= 4 is 0 Å². The average molecular weight is 294 g/mol. The number of nitrogens with one attached hydrogen (secondary N) is 1. The zero-order chi connectivity index (χ0) is 14.9. The van der Waals surface area contributed by atoms with Gasteiger partial charge in [-0.25, -0.2) is 4.68 Å². The van der Waals surface area contributed by atoms with Crippen LogP contribution in [0.2, 0.25) is 0 Å². The third kappa shape index (κ3) is 5.75. The minimum absolute atomic E-state index is 0.456. The fraction of sp³-hybridized carbons (Fsp3) is 0.875. The van der Waals surface area contributed by atoms with Crippen LogP contribution in [-0.4, -0.2) is 34.2 Å². The van der Waals surface area contributed by atoms with E-state index in [9.17, 15) is 0 Å². The van der Waals surface area contributed by atoms with Crippen molar-refractivity contribution in [1.82, 2.24) is 20.3 Å². The standard InChI is InChI=1S/C16H30N4O/c1-3-8-17-12-15-13-20(19-18-15)9-10-21-16-7-5-6-14(4-2)11-16/h13-14,16-17H,3-12H2,1-2H3. The molecule has 1 heterocycles. The number of hydrogen-bond acceptors (Lipinski definition) is 4. The molecule has 0 aromatic carbocycles. The highest BCUT2D eigenvalue weighted by molar-refractivity contribution is 4.91. The van der Waals surface area contributed by atoms with Crippen LogP contribution >= 0.6 is 0 Å². The summed E-state index contributed by atoms with van der Waals surface area (Å²) < 4.78 is 7.91. The summed E-state index contributed by atoms with van der Waals surface area (Å²) >= 11 is 0. The number of hydrogen-bond donors (Lipinski definition) is 1. The van der Waals surface area contributed by atoms with Crippen LogP contribution in [0.4, 0.5) is 0 Å². The number of aromatic nitrogens is 3. The van der Waals surface area contributed by atoms with Crippen molar-refractivity contribution in [1.29, 1.82) is 0 Å². The van der Waals surface area contributed by atoms with Crippen molar-refractivity contribution in [2.45, 2.75) is 71.6 Å². The van der Waals surface area contributed by atoms with Gasteiger partial charge in [0.25, 0.3) is 0 Å². The molecule has 5 nitrogen and oxygen atoms in total. The van der Waals surface area contributed by atoms with Gasteiger partial charge in [0.15, 0.2) is 0 Å². The van der Waals surface area contributed by atoms with Crippen LogP contribution in [-0.2, 0) is 17.8 Å². The molecule has 0 amide bonds. The van der Waals surface area contributed by atoms with Gasteiger partial charge in [0, 0.05) is 12.7 Å². The van der Waals surface area contributed by atoms with Gasteiger partial charge in [-0.1, -0.05) is 38.3 Å². The smallest absolute Gasteiger partial charge is 0.0964 e. The van der Waals surface area contributed by atoms with E-state index in [0.717, 1.165) is 44.3 Å². The van der Waals surface area contributed by atoms with Crippen LogP contribution in [0, 0.1) is 5.92 Å². The van der Waals surface area contributed by atoms with Gasteiger partial charge in [-0.05, 0) is 31.7 Å². The molecule has 0 saturated heterocycles. The molecule has 1 aromatic heterocycles. The molecule has 1 aliphatic rings. The first kappa shape index (κ1) is 16.4. The fourth-order valence-corrected chi connectivity index (χ4v) is 3.00. The molecule has 2 unspecified atom stereocenters. The molecule has 1 aromatic rings. The Balaban J connectivity index is 1.64. The highest BCUT2D eigenvalue weighted by Crippen LogP contribution is 2.28. The molecule has 1 aliphatic carbocycles. The fourth-order valence-electron chi connectivity index (χ4n) is 3.00. The molecule has 5 heteroatoms. The monoisotopic (exact) mass is 294 g/mol. The summed E-state index contributed by atoms with van der Waals surface area (Å²) in [5.41, 5.74) is 1.01. The predicted molar refractivity (Wildman–Crippen MR) is 84.0 cm³/mol. The maximum atomic E-state index is 6.02. The Morgan fingerprint density at radius 1 is 1.38 bits per heavy atom. The van der Waals surface area contributed by atoms with E-state index in [2.05, 4.69) is 29.5 Å². The molecule has 1 fully saturated rings. The van der Waals surface area contributed by atoms with E-state index in [1.807, 2.05) is 10.9 Å². The van der Waals surface area contributed by atoms with Crippen LogP contribution in [0.1, 0.15) is 58.1 Å². The maximum Gasteiger partial charge on any atom is 0.0964 e. The minimum Gasteiger partial charge on any atom is -0.376 e. The molecule has 0 aliphatic heterocycles. The van der Waals surface area contributed by atoms with E-state index in [1.54, 1.807) is 0 Å². The highest BCUT2D eigenvalue weighted by Gasteiger charge is 2.20. The second-order valence-electron chi connectivity index (χ2n) is 6.08. The summed E-state index contributed by atoms with van der Waals surface area (Å²) in [5.74, 6) is 0.867. The first-order chi connectivity index (χ1) is 10.3. The van der Waals surface area contributed by atoms with Gasteiger partial charge >= 0.3 is 0 Å². The van der Waals surface area contributed by atoms with Crippen LogP contribution in [0.15, 0.2) is 6.20 Å². The zero-order valence-electron chi connectivity index (χ0n) is 13.6. The topological polar surface area (TPSA) is 52.0 Å². The summed E-state index contributed by atoms with van der Waals surface area (Å²) in [4.78, 5) is 0. The third-order valence-electron chi connectivity index (χ3n) is 4.30. The van der Waals surface area contributed by atoms with Gasteiger partial charge in [0.1, 0.15) is 0 Å². The SMILES string of the molecule is CCCNCc1cn(CCOC2CCCC(CC)C2)nn1. The maximum absolute atomic E-state index is 6.02. The number of nitrogens with zero attached hydrogens (tertiary/aromatic N) is 3.